The maximum absolute atomic E-state index is 11.8. The van der Waals surface area contributed by atoms with Gasteiger partial charge in [0.25, 0.3) is 5.91 Å². The molecule has 4 nitrogen and oxygen atoms in total. The second-order valence-corrected chi connectivity index (χ2v) is 4.51. The van der Waals surface area contributed by atoms with Crippen molar-refractivity contribution in [3.05, 3.63) is 23.2 Å². The van der Waals surface area contributed by atoms with Gasteiger partial charge in [-0.05, 0) is 24.6 Å². The summed E-state index contributed by atoms with van der Waals surface area (Å²) in [6.07, 6.45) is 0.820. The van der Waals surface area contributed by atoms with E-state index in [9.17, 15) is 4.79 Å². The summed E-state index contributed by atoms with van der Waals surface area (Å²) in [4.78, 5) is 13.5. The molecule has 1 atom stereocenters. The molecule has 1 aliphatic rings. The van der Waals surface area contributed by atoms with Crippen LogP contribution in [0.5, 0.6) is 5.75 Å². The first-order valence-electron chi connectivity index (χ1n) is 5.60. The standard InChI is InChI=1S/C12H15ClN2O2/c1-2-9(14)6-15-10-5-8(13)3-4-11(10)17-7-12(15)16/h3-5,9H,2,6-7,14H2,1H3. The smallest absolute Gasteiger partial charge is 0.265 e. The quantitative estimate of drug-likeness (QED) is 0.895. The Kier molecular flexibility index (Phi) is 3.54. The molecule has 0 fully saturated rings. The van der Waals surface area contributed by atoms with Gasteiger partial charge in [0.05, 0.1) is 5.69 Å². The number of hydrogen-bond donors (Lipinski definition) is 1. The van der Waals surface area contributed by atoms with Gasteiger partial charge in [-0.25, -0.2) is 0 Å². The van der Waals surface area contributed by atoms with Gasteiger partial charge in [-0.2, -0.15) is 0 Å². The fraction of sp³-hybridized carbons (Fsp3) is 0.417. The van der Waals surface area contributed by atoms with Gasteiger partial charge in [0.1, 0.15) is 5.75 Å². The summed E-state index contributed by atoms with van der Waals surface area (Å²) in [6.45, 7) is 2.55. The van der Waals surface area contributed by atoms with E-state index in [1.54, 1.807) is 23.1 Å². The normalized spacial score (nSPS) is 16.4. The lowest BCUT2D eigenvalue weighted by Crippen LogP contribution is -2.45. The van der Waals surface area contributed by atoms with Crippen LogP contribution in [-0.4, -0.2) is 25.1 Å². The molecule has 0 aromatic heterocycles. The van der Waals surface area contributed by atoms with E-state index >= 15 is 0 Å². The van der Waals surface area contributed by atoms with E-state index in [1.807, 2.05) is 6.92 Å². The molecule has 17 heavy (non-hydrogen) atoms. The number of hydrogen-bond acceptors (Lipinski definition) is 3. The SMILES string of the molecule is CCC(N)CN1C(=O)COc2ccc(Cl)cc21. The first-order chi connectivity index (χ1) is 8.11. The van der Waals surface area contributed by atoms with Crippen LogP contribution in [0.2, 0.25) is 5.02 Å². The van der Waals surface area contributed by atoms with Crippen LogP contribution in [0.4, 0.5) is 5.69 Å². The fourth-order valence-electron chi connectivity index (χ4n) is 1.74. The second kappa shape index (κ2) is 4.94. The van der Waals surface area contributed by atoms with Crippen molar-refractivity contribution in [2.45, 2.75) is 19.4 Å². The molecular weight excluding hydrogens is 240 g/mol. The van der Waals surface area contributed by atoms with E-state index in [0.29, 0.717) is 23.0 Å². The molecular formula is C12H15ClN2O2. The maximum Gasteiger partial charge on any atom is 0.265 e. The molecule has 2 rings (SSSR count). The van der Waals surface area contributed by atoms with E-state index in [2.05, 4.69) is 0 Å². The van der Waals surface area contributed by atoms with Crippen molar-refractivity contribution < 1.29 is 9.53 Å². The minimum atomic E-state index is -0.0799. The molecule has 1 aliphatic heterocycles. The average Bonchev–Trinajstić information content (AvgIpc) is 2.32. The third-order valence-corrected chi connectivity index (χ3v) is 3.04. The van der Waals surface area contributed by atoms with Crippen LogP contribution >= 0.6 is 11.6 Å². The molecule has 5 heteroatoms. The van der Waals surface area contributed by atoms with Crippen molar-refractivity contribution in [1.82, 2.24) is 0 Å². The number of carbonyl (C=O) groups is 1. The van der Waals surface area contributed by atoms with Gasteiger partial charge < -0.3 is 15.4 Å². The number of halogens is 1. The van der Waals surface area contributed by atoms with Crippen molar-refractivity contribution in [3.8, 4) is 5.75 Å². The fourth-order valence-corrected chi connectivity index (χ4v) is 1.91. The second-order valence-electron chi connectivity index (χ2n) is 4.07. The summed E-state index contributed by atoms with van der Waals surface area (Å²) >= 11 is 5.94. The molecule has 0 saturated carbocycles. The number of ether oxygens (including phenoxy) is 1. The molecule has 1 heterocycles. The third-order valence-electron chi connectivity index (χ3n) is 2.81. The molecule has 1 aromatic rings. The van der Waals surface area contributed by atoms with Crippen molar-refractivity contribution in [3.63, 3.8) is 0 Å². The van der Waals surface area contributed by atoms with Crippen LogP contribution in [0.1, 0.15) is 13.3 Å². The summed E-state index contributed by atoms with van der Waals surface area (Å²) in [7, 11) is 0. The lowest BCUT2D eigenvalue weighted by molar-refractivity contribution is -0.121. The number of rotatable bonds is 3. The molecule has 92 valence electrons. The van der Waals surface area contributed by atoms with E-state index in [4.69, 9.17) is 22.1 Å². The highest BCUT2D eigenvalue weighted by atomic mass is 35.5. The first-order valence-corrected chi connectivity index (χ1v) is 5.98. The van der Waals surface area contributed by atoms with Crippen LogP contribution in [-0.2, 0) is 4.79 Å². The Morgan fingerprint density at radius 3 is 3.06 bits per heavy atom. The Labute approximate surface area is 105 Å². The lowest BCUT2D eigenvalue weighted by Gasteiger charge is -2.31. The summed E-state index contributed by atoms with van der Waals surface area (Å²) in [5.74, 6) is 0.598. The number of carbonyl (C=O) groups excluding carboxylic acids is 1. The number of nitrogens with two attached hydrogens (primary N) is 1. The minimum Gasteiger partial charge on any atom is -0.482 e. The van der Waals surface area contributed by atoms with Crippen molar-refractivity contribution in [2.24, 2.45) is 5.73 Å². The zero-order valence-corrected chi connectivity index (χ0v) is 10.4. The van der Waals surface area contributed by atoms with E-state index < -0.39 is 0 Å². The number of anilines is 1. The van der Waals surface area contributed by atoms with Gasteiger partial charge in [0, 0.05) is 17.6 Å². The van der Waals surface area contributed by atoms with E-state index in [1.165, 1.54) is 0 Å². The number of benzene rings is 1. The number of nitrogens with zero attached hydrogens (tertiary/aromatic N) is 1. The van der Waals surface area contributed by atoms with E-state index in [-0.39, 0.29) is 18.6 Å². The average molecular weight is 255 g/mol. The van der Waals surface area contributed by atoms with Gasteiger partial charge >= 0.3 is 0 Å². The highest BCUT2D eigenvalue weighted by molar-refractivity contribution is 6.31. The minimum absolute atomic E-state index is 0.0381. The van der Waals surface area contributed by atoms with Crippen molar-refractivity contribution >= 4 is 23.2 Å². The number of fused-ring (bicyclic) bond motifs is 1. The molecule has 2 N–H and O–H groups in total. The van der Waals surface area contributed by atoms with Gasteiger partial charge in [0.15, 0.2) is 6.61 Å². The molecule has 0 aliphatic carbocycles. The molecule has 1 aromatic carbocycles. The Morgan fingerprint density at radius 1 is 1.59 bits per heavy atom. The summed E-state index contributed by atoms with van der Waals surface area (Å²) in [5, 5.41) is 0.581. The molecule has 1 unspecified atom stereocenters. The third kappa shape index (κ3) is 2.53. The Hall–Kier alpha value is -1.26. The van der Waals surface area contributed by atoms with Crippen LogP contribution < -0.4 is 15.4 Å². The maximum atomic E-state index is 11.8. The molecule has 0 saturated heterocycles. The van der Waals surface area contributed by atoms with Gasteiger partial charge in [-0.3, -0.25) is 4.79 Å². The monoisotopic (exact) mass is 254 g/mol. The summed E-state index contributed by atoms with van der Waals surface area (Å²) < 4.78 is 5.35. The van der Waals surface area contributed by atoms with Crippen LogP contribution in [0.3, 0.4) is 0 Å². The predicted molar refractivity (Wildman–Crippen MR) is 67.6 cm³/mol. The topological polar surface area (TPSA) is 55.6 Å². The van der Waals surface area contributed by atoms with Crippen LogP contribution in [0.25, 0.3) is 0 Å². The van der Waals surface area contributed by atoms with Crippen molar-refractivity contribution in [2.75, 3.05) is 18.1 Å². The molecule has 0 radical (unpaired) electrons. The zero-order valence-electron chi connectivity index (χ0n) is 9.65. The Balaban J connectivity index is 2.32. The first kappa shape index (κ1) is 12.2. The van der Waals surface area contributed by atoms with Crippen LogP contribution in [0, 0.1) is 0 Å². The largest absolute Gasteiger partial charge is 0.482 e. The lowest BCUT2D eigenvalue weighted by atomic mass is 10.1. The molecule has 1 amide bonds. The molecule has 0 spiro atoms. The van der Waals surface area contributed by atoms with Crippen LogP contribution in [0.15, 0.2) is 18.2 Å². The van der Waals surface area contributed by atoms with Crippen molar-refractivity contribution in [1.29, 1.82) is 0 Å². The summed E-state index contributed by atoms with van der Waals surface area (Å²) in [5.41, 5.74) is 6.60. The van der Waals surface area contributed by atoms with E-state index in [0.717, 1.165) is 6.42 Å². The molecule has 0 bridgehead atoms. The van der Waals surface area contributed by atoms with Gasteiger partial charge in [-0.15, -0.1) is 0 Å². The Morgan fingerprint density at radius 2 is 2.35 bits per heavy atom. The predicted octanol–water partition coefficient (Wildman–Crippen LogP) is 1.80. The Bertz CT molecular complexity index is 437. The number of amides is 1. The van der Waals surface area contributed by atoms with Gasteiger partial charge in [-0.1, -0.05) is 18.5 Å². The zero-order chi connectivity index (χ0) is 12.4. The summed E-state index contributed by atoms with van der Waals surface area (Å²) in [6, 6.07) is 5.21. The highest BCUT2D eigenvalue weighted by Gasteiger charge is 2.26. The highest BCUT2D eigenvalue weighted by Crippen LogP contribution is 2.34. The van der Waals surface area contributed by atoms with Gasteiger partial charge in [0.2, 0.25) is 0 Å².